The second-order valence-electron chi connectivity index (χ2n) is 21.0. The second kappa shape index (κ2) is 16.5. The molecule has 1 aromatic rings. The molecule has 4 heterocycles. The molecule has 4 saturated carbocycles. The molecular formula is C49H68N2O7S2. The van der Waals surface area contributed by atoms with E-state index in [-0.39, 0.29) is 55.2 Å². The minimum absolute atomic E-state index is 0.0670. The van der Waals surface area contributed by atoms with Gasteiger partial charge < -0.3 is 24.8 Å². The number of hydrogen-bond donors (Lipinski definition) is 5. The molecule has 0 aromatic heterocycles. The van der Waals surface area contributed by atoms with Gasteiger partial charge in [0, 0.05) is 42.4 Å². The number of ether oxygens (including phenoxy) is 2. The van der Waals surface area contributed by atoms with Gasteiger partial charge in [0.05, 0.1) is 34.1 Å². The predicted molar refractivity (Wildman–Crippen MR) is 236 cm³/mol. The summed E-state index contributed by atoms with van der Waals surface area (Å²) in [6.07, 6.45) is 11.1. The highest BCUT2D eigenvalue weighted by Crippen LogP contribution is 2.74. The number of benzene rings is 1. The molecule has 60 heavy (non-hydrogen) atoms. The minimum atomic E-state index is -1.75. The van der Waals surface area contributed by atoms with E-state index in [0.29, 0.717) is 50.9 Å². The summed E-state index contributed by atoms with van der Waals surface area (Å²) in [5.41, 5.74) is 2.36. The van der Waals surface area contributed by atoms with E-state index in [4.69, 9.17) is 9.47 Å². The molecule has 6 fully saturated rings. The molecule has 9 nitrogen and oxygen atoms in total. The standard InChI is InChI=1S/C49H68N2O7S2/c1-32-16-17-39(52)49-40(53)19-23-45(3)37-14-9-15-38(37)50-51-47(42(45)49)31-44(2,48(49,56)24-18-34-27-41(54)57-28-34)20-10-22-46(43(55)58-47)21-8-7-13-36(46)30-60-59-29-35(25-32)26-33-11-5-4-6-12-33/h4-6,11-12,27,32,35-40,42,50-53,56H,7-9,13-19,21-26,28-31H2,1-3H3. The molecule has 328 valence electrons. The zero-order chi connectivity index (χ0) is 42.0. The van der Waals surface area contributed by atoms with Gasteiger partial charge in [-0.3, -0.25) is 10.2 Å². The number of nitrogens with one attached hydrogen (secondary N) is 2. The molecule has 14 atom stereocenters. The quantitative estimate of drug-likeness (QED) is 0.113. The van der Waals surface area contributed by atoms with Crippen LogP contribution in [0.25, 0.3) is 0 Å². The van der Waals surface area contributed by atoms with Gasteiger partial charge in [-0.2, -0.15) is 0 Å². The van der Waals surface area contributed by atoms with Crippen molar-refractivity contribution < 1.29 is 34.4 Å². The summed E-state index contributed by atoms with van der Waals surface area (Å²) in [5, 5.41) is 41.1. The molecule has 9 rings (SSSR count). The van der Waals surface area contributed by atoms with Gasteiger partial charge in [0.25, 0.3) is 0 Å². The Bertz CT molecular complexity index is 1890. The first-order valence-corrected chi connectivity index (χ1v) is 25.8. The van der Waals surface area contributed by atoms with E-state index in [1.165, 1.54) is 11.6 Å². The highest BCUT2D eigenvalue weighted by Gasteiger charge is 2.82. The summed E-state index contributed by atoms with van der Waals surface area (Å²) >= 11 is 0. The first-order chi connectivity index (χ1) is 28.8. The molecule has 14 unspecified atom stereocenters. The Morgan fingerprint density at radius 3 is 2.53 bits per heavy atom. The van der Waals surface area contributed by atoms with Gasteiger partial charge in [-0.15, -0.1) is 5.92 Å². The maximum absolute atomic E-state index is 15.7. The maximum atomic E-state index is 15.7. The van der Waals surface area contributed by atoms with E-state index in [1.54, 1.807) is 0 Å². The SMILES string of the molecule is CC1CCC(O)C23C(O)CCC4(C)C5CCCC5NNC5(CC(C)(C#CCC6(CCCCC6CSSCC(Cc6ccccc6)C1)C(=O)O5)C2(O)CCC1=CC(=O)OC1)C43. The third-order valence-electron chi connectivity index (χ3n) is 17.6. The lowest BCUT2D eigenvalue weighted by molar-refractivity contribution is -0.363. The molecule has 0 amide bonds. The van der Waals surface area contributed by atoms with Crippen LogP contribution in [0.1, 0.15) is 129 Å². The number of fused-ring (bicyclic) bond motifs is 4. The van der Waals surface area contributed by atoms with E-state index >= 15 is 4.79 Å². The highest BCUT2D eigenvalue weighted by atomic mass is 33.1. The molecule has 0 radical (unpaired) electrons. The third-order valence-corrected chi connectivity index (χ3v) is 20.2. The van der Waals surface area contributed by atoms with Crippen LogP contribution in [0.2, 0.25) is 0 Å². The fourth-order valence-electron chi connectivity index (χ4n) is 14.8. The minimum Gasteiger partial charge on any atom is -0.458 e. The zero-order valence-corrected chi connectivity index (χ0v) is 37.6. The van der Waals surface area contributed by atoms with Crippen LogP contribution in [0, 0.1) is 63.1 Å². The molecule has 5 N–H and O–H groups in total. The molecule has 2 saturated heterocycles. The topological polar surface area (TPSA) is 137 Å². The largest absolute Gasteiger partial charge is 0.458 e. The van der Waals surface area contributed by atoms with Crippen LogP contribution < -0.4 is 10.9 Å². The summed E-state index contributed by atoms with van der Waals surface area (Å²) in [7, 11) is 3.83. The van der Waals surface area contributed by atoms with Crippen molar-refractivity contribution in [1.82, 2.24) is 10.9 Å². The van der Waals surface area contributed by atoms with Crippen molar-refractivity contribution in [2.75, 3.05) is 18.1 Å². The summed E-state index contributed by atoms with van der Waals surface area (Å²) < 4.78 is 12.8. The molecule has 4 aliphatic heterocycles. The van der Waals surface area contributed by atoms with Crippen molar-refractivity contribution in [3.05, 3.63) is 47.5 Å². The number of aliphatic hydroxyl groups excluding tert-OH is 2. The smallest absolute Gasteiger partial charge is 0.331 e. The summed E-state index contributed by atoms with van der Waals surface area (Å²) in [4.78, 5) is 28.1. The summed E-state index contributed by atoms with van der Waals surface area (Å²) in [6.45, 7) is 6.77. The van der Waals surface area contributed by atoms with Crippen LogP contribution in [0.3, 0.4) is 0 Å². The lowest BCUT2D eigenvalue weighted by Crippen LogP contribution is -2.84. The Morgan fingerprint density at radius 1 is 0.933 bits per heavy atom. The average molecular weight is 861 g/mol. The highest BCUT2D eigenvalue weighted by molar-refractivity contribution is 8.76. The molecule has 8 aliphatic rings. The van der Waals surface area contributed by atoms with Gasteiger partial charge in [-0.05, 0) is 124 Å². The Morgan fingerprint density at radius 2 is 1.73 bits per heavy atom. The lowest BCUT2D eigenvalue weighted by Gasteiger charge is -2.73. The predicted octanol–water partition coefficient (Wildman–Crippen LogP) is 7.68. The number of cyclic esters (lactones) is 1. The Balaban J connectivity index is 1.24. The monoisotopic (exact) mass is 860 g/mol. The van der Waals surface area contributed by atoms with E-state index in [1.807, 2.05) is 28.5 Å². The van der Waals surface area contributed by atoms with Gasteiger partial charge >= 0.3 is 11.9 Å². The van der Waals surface area contributed by atoms with Crippen LogP contribution in [0.15, 0.2) is 42.0 Å². The van der Waals surface area contributed by atoms with Crippen LogP contribution in [-0.4, -0.2) is 74.9 Å². The molecule has 1 aromatic carbocycles. The van der Waals surface area contributed by atoms with E-state index in [9.17, 15) is 20.1 Å². The number of hydrogen-bond acceptors (Lipinski definition) is 11. The summed E-state index contributed by atoms with van der Waals surface area (Å²) in [5.74, 6) is 8.76. The number of rotatable bonds is 5. The van der Waals surface area contributed by atoms with Crippen LogP contribution in [0.5, 0.6) is 0 Å². The zero-order valence-electron chi connectivity index (χ0n) is 36.0. The molecule has 4 aliphatic carbocycles. The van der Waals surface area contributed by atoms with E-state index in [0.717, 1.165) is 68.4 Å². The fraction of sp³-hybridized carbons (Fsp3) is 0.755. The van der Waals surface area contributed by atoms with Crippen molar-refractivity contribution >= 4 is 33.5 Å². The first kappa shape index (κ1) is 43.2. The molecule has 11 heteroatoms. The van der Waals surface area contributed by atoms with Gasteiger partial charge in [0.1, 0.15) is 6.61 Å². The molecule has 4 bridgehead atoms. The van der Waals surface area contributed by atoms with E-state index < -0.39 is 51.1 Å². The van der Waals surface area contributed by atoms with Crippen molar-refractivity contribution in [3.63, 3.8) is 0 Å². The lowest BCUT2D eigenvalue weighted by atomic mass is 9.34. The van der Waals surface area contributed by atoms with Gasteiger partial charge in [0.2, 0.25) is 0 Å². The number of aliphatic hydroxyl groups is 3. The van der Waals surface area contributed by atoms with Crippen molar-refractivity contribution in [1.29, 1.82) is 0 Å². The number of esters is 2. The molecular weight excluding hydrogens is 793 g/mol. The fourth-order valence-corrected chi connectivity index (χ4v) is 17.8. The van der Waals surface area contributed by atoms with Crippen molar-refractivity contribution in [2.45, 2.75) is 160 Å². The molecule has 2 spiro atoms. The maximum Gasteiger partial charge on any atom is 0.331 e. The number of carbonyl (C=O) groups excluding carboxylic acids is 2. The van der Waals surface area contributed by atoms with Gasteiger partial charge in [-0.1, -0.05) is 91.0 Å². The second-order valence-corrected chi connectivity index (χ2v) is 23.6. The number of carbonyl (C=O) groups is 2. The van der Waals surface area contributed by atoms with E-state index in [2.05, 4.69) is 66.9 Å². The van der Waals surface area contributed by atoms with Crippen LogP contribution in [-0.2, 0) is 25.5 Å². The Hall–Kier alpha value is -2.04. The summed E-state index contributed by atoms with van der Waals surface area (Å²) in [6, 6.07) is 10.8. The average Bonchev–Trinajstić information content (AvgIpc) is 3.88. The van der Waals surface area contributed by atoms with Crippen molar-refractivity contribution in [3.8, 4) is 11.8 Å². The van der Waals surface area contributed by atoms with Gasteiger partial charge in [0.15, 0.2) is 5.72 Å². The van der Waals surface area contributed by atoms with Crippen LogP contribution in [0.4, 0.5) is 0 Å². The Kier molecular flexibility index (Phi) is 11.9. The van der Waals surface area contributed by atoms with Crippen molar-refractivity contribution in [2.24, 2.45) is 51.2 Å². The first-order valence-electron chi connectivity index (χ1n) is 23.3. The Labute approximate surface area is 365 Å². The third kappa shape index (κ3) is 6.95. The van der Waals surface area contributed by atoms with Crippen LogP contribution >= 0.6 is 21.6 Å². The number of hydrazine groups is 1. The van der Waals surface area contributed by atoms with Gasteiger partial charge in [-0.25, -0.2) is 10.2 Å². The normalized spacial score (nSPS) is 46.8.